The van der Waals surface area contributed by atoms with Crippen molar-refractivity contribution in [2.75, 3.05) is 5.32 Å². The molecule has 0 unspecified atom stereocenters. The van der Waals surface area contributed by atoms with Crippen LogP contribution in [0.4, 0.5) is 5.69 Å². The normalized spacial score (nSPS) is 10.5. The maximum absolute atomic E-state index is 11.7. The van der Waals surface area contributed by atoms with Crippen LogP contribution < -0.4 is 5.32 Å². The lowest BCUT2D eigenvalue weighted by atomic mass is 10.2. The number of rotatable bonds is 6. The van der Waals surface area contributed by atoms with Gasteiger partial charge in [-0.2, -0.15) is 0 Å². The number of nitrogens with zero attached hydrogens (tertiary/aromatic N) is 1. The summed E-state index contributed by atoms with van der Waals surface area (Å²) in [7, 11) is 0. The maximum atomic E-state index is 11.7. The van der Waals surface area contributed by atoms with Gasteiger partial charge in [0, 0.05) is 23.2 Å². The van der Waals surface area contributed by atoms with Crippen LogP contribution >= 0.6 is 0 Å². The molecule has 0 aliphatic heterocycles. The monoisotopic (exact) mass is 320 g/mol. The van der Waals surface area contributed by atoms with Crippen LogP contribution in [-0.4, -0.2) is 10.9 Å². The van der Waals surface area contributed by atoms with Gasteiger partial charge >= 0.3 is 0 Å². The number of oxazole rings is 1. The summed E-state index contributed by atoms with van der Waals surface area (Å²) in [6.45, 7) is 2.07. The van der Waals surface area contributed by atoms with Gasteiger partial charge in [-0.25, -0.2) is 4.98 Å². The average molecular weight is 320 g/mol. The van der Waals surface area contributed by atoms with Crippen LogP contribution in [0.1, 0.15) is 26.2 Å². The summed E-state index contributed by atoms with van der Waals surface area (Å²) in [5, 5.41) is 2.90. The zero-order chi connectivity index (χ0) is 16.8. The number of nitrogens with one attached hydrogen (secondary N) is 1. The lowest BCUT2D eigenvalue weighted by Crippen LogP contribution is -2.10. The second-order valence-electron chi connectivity index (χ2n) is 5.63. The molecule has 4 heteroatoms. The molecule has 0 atom stereocenters. The minimum absolute atomic E-state index is 0.0482. The van der Waals surface area contributed by atoms with Crippen LogP contribution in [0.2, 0.25) is 0 Å². The highest BCUT2D eigenvalue weighted by Crippen LogP contribution is 2.25. The number of amides is 1. The van der Waals surface area contributed by atoms with E-state index in [1.54, 1.807) is 6.26 Å². The van der Waals surface area contributed by atoms with Crippen LogP contribution in [0, 0.1) is 0 Å². The van der Waals surface area contributed by atoms with Crippen LogP contribution in [0.3, 0.4) is 0 Å². The van der Waals surface area contributed by atoms with E-state index < -0.39 is 0 Å². The van der Waals surface area contributed by atoms with Gasteiger partial charge in [-0.15, -0.1) is 0 Å². The molecule has 0 saturated carbocycles. The van der Waals surface area contributed by atoms with Crippen molar-refractivity contribution in [2.45, 2.75) is 26.2 Å². The Morgan fingerprint density at radius 2 is 1.79 bits per heavy atom. The van der Waals surface area contributed by atoms with Crippen LogP contribution in [0.5, 0.6) is 0 Å². The van der Waals surface area contributed by atoms with Gasteiger partial charge in [0.2, 0.25) is 11.8 Å². The first-order valence-electron chi connectivity index (χ1n) is 8.17. The second kappa shape index (κ2) is 7.59. The number of carbonyl (C=O) groups excluding carboxylic acids is 1. The highest BCUT2D eigenvalue weighted by atomic mass is 16.3. The molecule has 3 rings (SSSR count). The van der Waals surface area contributed by atoms with Crippen molar-refractivity contribution in [1.29, 1.82) is 0 Å². The highest BCUT2D eigenvalue weighted by molar-refractivity contribution is 5.90. The maximum Gasteiger partial charge on any atom is 0.226 e. The molecule has 0 spiro atoms. The van der Waals surface area contributed by atoms with Crippen LogP contribution in [-0.2, 0) is 4.79 Å². The molecule has 3 aromatic rings. The van der Waals surface area contributed by atoms with E-state index in [0.29, 0.717) is 12.3 Å². The van der Waals surface area contributed by atoms with Gasteiger partial charge < -0.3 is 9.73 Å². The fourth-order valence-electron chi connectivity index (χ4n) is 2.40. The Bertz CT molecular complexity index is 792. The van der Waals surface area contributed by atoms with Crippen molar-refractivity contribution >= 4 is 11.6 Å². The predicted octanol–water partition coefficient (Wildman–Crippen LogP) is 5.14. The van der Waals surface area contributed by atoms with E-state index in [9.17, 15) is 4.79 Å². The Kier molecular flexibility index (Phi) is 5.06. The summed E-state index contributed by atoms with van der Waals surface area (Å²) in [4.78, 5) is 16.3. The third kappa shape index (κ3) is 3.90. The van der Waals surface area contributed by atoms with E-state index in [4.69, 9.17) is 4.42 Å². The van der Waals surface area contributed by atoms with Crippen molar-refractivity contribution in [1.82, 2.24) is 4.98 Å². The van der Waals surface area contributed by atoms with E-state index in [2.05, 4.69) is 17.2 Å². The van der Waals surface area contributed by atoms with Gasteiger partial charge in [0.15, 0.2) is 0 Å². The van der Waals surface area contributed by atoms with E-state index in [1.807, 2.05) is 54.6 Å². The Labute approximate surface area is 141 Å². The summed E-state index contributed by atoms with van der Waals surface area (Å²) in [5.74, 6) is 0.616. The molecule has 0 bridgehead atoms. The number of unbranched alkanes of at least 4 members (excludes halogenated alkanes) is 1. The zero-order valence-corrected chi connectivity index (χ0v) is 13.7. The molecule has 0 fully saturated rings. The molecule has 0 saturated heterocycles. The Morgan fingerprint density at radius 1 is 1.04 bits per heavy atom. The molecule has 122 valence electrons. The predicted molar refractivity (Wildman–Crippen MR) is 95.5 cm³/mol. The van der Waals surface area contributed by atoms with Gasteiger partial charge in [0.05, 0.1) is 0 Å². The number of hydrogen-bond acceptors (Lipinski definition) is 3. The Balaban J connectivity index is 1.70. The number of carbonyl (C=O) groups is 1. The zero-order valence-electron chi connectivity index (χ0n) is 13.7. The van der Waals surface area contributed by atoms with Crippen molar-refractivity contribution in [3.05, 3.63) is 60.9 Å². The molecule has 0 radical (unpaired) electrons. The molecule has 24 heavy (non-hydrogen) atoms. The number of aromatic nitrogens is 1. The van der Waals surface area contributed by atoms with E-state index in [-0.39, 0.29) is 5.91 Å². The minimum Gasteiger partial charge on any atom is -0.444 e. The highest BCUT2D eigenvalue weighted by Gasteiger charge is 2.09. The first kappa shape index (κ1) is 16.0. The summed E-state index contributed by atoms with van der Waals surface area (Å²) in [6.07, 6.45) is 4.13. The Hall–Kier alpha value is -2.88. The lowest BCUT2D eigenvalue weighted by Gasteiger charge is -2.05. The molecule has 1 aromatic heterocycles. The van der Waals surface area contributed by atoms with Crippen molar-refractivity contribution in [3.8, 4) is 22.7 Å². The summed E-state index contributed by atoms with van der Waals surface area (Å²) in [6, 6.07) is 17.4. The average Bonchev–Trinajstić information content (AvgIpc) is 3.11. The van der Waals surface area contributed by atoms with Crippen molar-refractivity contribution < 1.29 is 9.21 Å². The van der Waals surface area contributed by atoms with Crippen LogP contribution in [0.15, 0.2) is 65.3 Å². The quantitative estimate of drug-likeness (QED) is 0.684. The van der Waals surface area contributed by atoms with Crippen molar-refractivity contribution in [2.24, 2.45) is 0 Å². The van der Waals surface area contributed by atoms with Gasteiger partial charge in [-0.3, -0.25) is 4.79 Å². The van der Waals surface area contributed by atoms with Crippen molar-refractivity contribution in [3.63, 3.8) is 0 Å². The fourth-order valence-corrected chi connectivity index (χ4v) is 2.40. The number of hydrogen-bond donors (Lipinski definition) is 1. The van der Waals surface area contributed by atoms with E-state index >= 15 is 0 Å². The SMILES string of the molecule is CCCCC(=O)Nc1ccc(-c2nc(-c3ccccc3)co2)cc1. The fraction of sp³-hybridized carbons (Fsp3) is 0.200. The van der Waals surface area contributed by atoms with E-state index in [1.165, 1.54) is 0 Å². The molecular weight excluding hydrogens is 300 g/mol. The Morgan fingerprint density at radius 3 is 2.50 bits per heavy atom. The smallest absolute Gasteiger partial charge is 0.226 e. The summed E-state index contributed by atoms with van der Waals surface area (Å²) >= 11 is 0. The molecule has 2 aromatic carbocycles. The second-order valence-corrected chi connectivity index (χ2v) is 5.63. The summed E-state index contributed by atoms with van der Waals surface area (Å²) < 4.78 is 5.58. The lowest BCUT2D eigenvalue weighted by molar-refractivity contribution is -0.116. The largest absolute Gasteiger partial charge is 0.444 e. The first-order valence-corrected chi connectivity index (χ1v) is 8.17. The van der Waals surface area contributed by atoms with Gasteiger partial charge in [0.25, 0.3) is 0 Å². The molecule has 0 aliphatic rings. The molecular formula is C20H20N2O2. The molecule has 1 N–H and O–H groups in total. The first-order chi connectivity index (χ1) is 11.8. The van der Waals surface area contributed by atoms with E-state index in [0.717, 1.165) is 35.3 Å². The van der Waals surface area contributed by atoms with Crippen LogP contribution in [0.25, 0.3) is 22.7 Å². The summed E-state index contributed by atoms with van der Waals surface area (Å²) in [5.41, 5.74) is 3.49. The third-order valence-corrected chi connectivity index (χ3v) is 3.75. The topological polar surface area (TPSA) is 55.1 Å². The molecule has 1 amide bonds. The molecule has 0 aliphatic carbocycles. The van der Waals surface area contributed by atoms with Gasteiger partial charge in [0.1, 0.15) is 12.0 Å². The van der Waals surface area contributed by atoms with Gasteiger partial charge in [-0.05, 0) is 30.7 Å². The standard InChI is InChI=1S/C20H20N2O2/c1-2-3-9-19(23)21-17-12-10-16(11-13-17)20-22-18(14-24-20)15-7-5-4-6-8-15/h4-8,10-14H,2-3,9H2,1H3,(H,21,23). The molecule has 1 heterocycles. The number of benzene rings is 2. The number of anilines is 1. The minimum atomic E-state index is 0.0482. The third-order valence-electron chi connectivity index (χ3n) is 3.75. The molecule has 4 nitrogen and oxygen atoms in total. The van der Waals surface area contributed by atoms with Gasteiger partial charge in [-0.1, -0.05) is 43.7 Å².